The molecule has 2 aromatic carbocycles. The van der Waals surface area contributed by atoms with E-state index < -0.39 is 6.04 Å². The summed E-state index contributed by atoms with van der Waals surface area (Å²) in [6.45, 7) is 2.24. The molecule has 0 radical (unpaired) electrons. The third-order valence-electron chi connectivity index (χ3n) is 3.78. The highest BCUT2D eigenvalue weighted by atomic mass is 35.5. The van der Waals surface area contributed by atoms with Crippen molar-refractivity contribution in [1.82, 2.24) is 4.90 Å². The molecule has 0 saturated heterocycles. The number of hydrogen-bond donors (Lipinski definition) is 1. The SMILES string of the molecule is COc1ccc(Cl)cc1NC(=O)[C@@H](C)N(C)Cc1cccc(F)c1. The first-order chi connectivity index (χ1) is 11.4. The van der Waals surface area contributed by atoms with Crippen LogP contribution in [0.2, 0.25) is 5.02 Å². The lowest BCUT2D eigenvalue weighted by atomic mass is 10.1. The molecule has 1 atom stereocenters. The Morgan fingerprint density at radius 1 is 1.33 bits per heavy atom. The number of carbonyl (C=O) groups excluding carboxylic acids is 1. The van der Waals surface area contributed by atoms with E-state index in [1.807, 2.05) is 18.0 Å². The molecule has 0 aliphatic carbocycles. The monoisotopic (exact) mass is 350 g/mol. The highest BCUT2D eigenvalue weighted by molar-refractivity contribution is 6.31. The smallest absolute Gasteiger partial charge is 0.241 e. The van der Waals surface area contributed by atoms with Crippen molar-refractivity contribution in [3.8, 4) is 5.75 Å². The third kappa shape index (κ3) is 4.69. The van der Waals surface area contributed by atoms with E-state index in [0.29, 0.717) is 23.0 Å². The number of methoxy groups -OCH3 is 1. The van der Waals surface area contributed by atoms with Crippen molar-refractivity contribution in [1.29, 1.82) is 0 Å². The molecule has 24 heavy (non-hydrogen) atoms. The lowest BCUT2D eigenvalue weighted by molar-refractivity contribution is -0.120. The lowest BCUT2D eigenvalue weighted by Gasteiger charge is -2.24. The Kier molecular flexibility index (Phi) is 6.17. The summed E-state index contributed by atoms with van der Waals surface area (Å²) in [7, 11) is 3.34. The summed E-state index contributed by atoms with van der Waals surface area (Å²) < 4.78 is 18.5. The van der Waals surface area contributed by atoms with E-state index >= 15 is 0 Å². The second-order valence-corrected chi connectivity index (χ2v) is 5.99. The fourth-order valence-corrected chi connectivity index (χ4v) is 2.45. The number of rotatable bonds is 6. The summed E-state index contributed by atoms with van der Waals surface area (Å²) >= 11 is 5.97. The van der Waals surface area contributed by atoms with Crippen molar-refractivity contribution < 1.29 is 13.9 Å². The maximum absolute atomic E-state index is 13.3. The van der Waals surface area contributed by atoms with Gasteiger partial charge in [-0.1, -0.05) is 23.7 Å². The second kappa shape index (κ2) is 8.13. The molecular formula is C18H20ClFN2O2. The van der Waals surface area contributed by atoms with E-state index in [4.69, 9.17) is 16.3 Å². The van der Waals surface area contributed by atoms with Crippen LogP contribution in [0.25, 0.3) is 0 Å². The number of hydrogen-bond acceptors (Lipinski definition) is 3. The van der Waals surface area contributed by atoms with Gasteiger partial charge in [0.2, 0.25) is 5.91 Å². The van der Waals surface area contributed by atoms with E-state index in [-0.39, 0.29) is 11.7 Å². The van der Waals surface area contributed by atoms with Gasteiger partial charge in [0.15, 0.2) is 0 Å². The molecule has 6 heteroatoms. The quantitative estimate of drug-likeness (QED) is 0.857. The van der Waals surface area contributed by atoms with Crippen LogP contribution >= 0.6 is 11.6 Å². The predicted molar refractivity (Wildman–Crippen MR) is 94.0 cm³/mol. The van der Waals surface area contributed by atoms with E-state index in [0.717, 1.165) is 5.56 Å². The van der Waals surface area contributed by atoms with E-state index in [1.165, 1.54) is 19.2 Å². The number of amides is 1. The average molecular weight is 351 g/mol. The summed E-state index contributed by atoms with van der Waals surface area (Å²) in [5.74, 6) is 0.0453. The van der Waals surface area contributed by atoms with Crippen molar-refractivity contribution in [2.45, 2.75) is 19.5 Å². The van der Waals surface area contributed by atoms with Crippen LogP contribution in [0.1, 0.15) is 12.5 Å². The maximum atomic E-state index is 13.3. The number of ether oxygens (including phenoxy) is 1. The summed E-state index contributed by atoms with van der Waals surface area (Å²) in [5.41, 5.74) is 1.32. The number of benzene rings is 2. The molecule has 128 valence electrons. The number of halogens is 2. The second-order valence-electron chi connectivity index (χ2n) is 5.55. The van der Waals surface area contributed by atoms with E-state index in [2.05, 4.69) is 5.32 Å². The Hall–Kier alpha value is -2.11. The number of nitrogens with one attached hydrogen (secondary N) is 1. The van der Waals surface area contributed by atoms with E-state index in [9.17, 15) is 9.18 Å². The maximum Gasteiger partial charge on any atom is 0.241 e. The van der Waals surface area contributed by atoms with Crippen LogP contribution in [0, 0.1) is 5.82 Å². The van der Waals surface area contributed by atoms with Crippen molar-refractivity contribution in [3.05, 3.63) is 58.9 Å². The van der Waals surface area contributed by atoms with Gasteiger partial charge in [0.1, 0.15) is 11.6 Å². The Morgan fingerprint density at radius 2 is 2.08 bits per heavy atom. The zero-order valence-electron chi connectivity index (χ0n) is 13.8. The number of nitrogens with zero attached hydrogens (tertiary/aromatic N) is 1. The predicted octanol–water partition coefficient (Wildman–Crippen LogP) is 3.95. The van der Waals surface area contributed by atoms with Crippen LogP contribution in [-0.4, -0.2) is 31.0 Å². The number of anilines is 1. The molecule has 0 aliphatic rings. The largest absolute Gasteiger partial charge is 0.495 e. The Bertz CT molecular complexity index is 724. The molecule has 0 fully saturated rings. The molecule has 4 nitrogen and oxygen atoms in total. The van der Waals surface area contributed by atoms with Crippen molar-refractivity contribution in [3.63, 3.8) is 0 Å². The van der Waals surface area contributed by atoms with Crippen LogP contribution in [-0.2, 0) is 11.3 Å². The van der Waals surface area contributed by atoms with Gasteiger partial charge in [-0.3, -0.25) is 9.69 Å². The average Bonchev–Trinajstić information content (AvgIpc) is 2.54. The van der Waals surface area contributed by atoms with Crippen LogP contribution in [0.4, 0.5) is 10.1 Å². The third-order valence-corrected chi connectivity index (χ3v) is 4.02. The van der Waals surface area contributed by atoms with Gasteiger partial charge in [-0.2, -0.15) is 0 Å². The normalized spacial score (nSPS) is 12.1. The Labute approximate surface area is 146 Å². The first-order valence-electron chi connectivity index (χ1n) is 7.50. The summed E-state index contributed by atoms with van der Waals surface area (Å²) in [5, 5.41) is 3.32. The first-order valence-corrected chi connectivity index (χ1v) is 7.87. The molecule has 2 rings (SSSR count). The van der Waals surface area contributed by atoms with Gasteiger partial charge in [-0.15, -0.1) is 0 Å². The molecule has 0 aromatic heterocycles. The summed E-state index contributed by atoms with van der Waals surface area (Å²) in [4.78, 5) is 14.3. The van der Waals surface area contributed by atoms with Gasteiger partial charge < -0.3 is 10.1 Å². The topological polar surface area (TPSA) is 41.6 Å². The van der Waals surface area contributed by atoms with Gasteiger partial charge in [0.05, 0.1) is 18.8 Å². The standard InChI is InChI=1S/C18H20ClFN2O2/c1-12(22(2)11-13-5-4-6-15(20)9-13)18(23)21-16-10-14(19)7-8-17(16)24-3/h4-10,12H,11H2,1-3H3,(H,21,23)/t12-/m1/s1. The zero-order chi connectivity index (χ0) is 17.7. The number of carbonyl (C=O) groups is 1. The van der Waals surface area contributed by atoms with Gasteiger partial charge in [-0.25, -0.2) is 4.39 Å². The molecule has 1 N–H and O–H groups in total. The minimum absolute atomic E-state index is 0.200. The zero-order valence-corrected chi connectivity index (χ0v) is 14.6. The summed E-state index contributed by atoms with van der Waals surface area (Å²) in [6, 6.07) is 10.9. The summed E-state index contributed by atoms with van der Waals surface area (Å²) in [6.07, 6.45) is 0. The molecule has 1 amide bonds. The van der Waals surface area contributed by atoms with Crippen molar-refractivity contribution >= 4 is 23.2 Å². The van der Waals surface area contributed by atoms with Crippen LogP contribution < -0.4 is 10.1 Å². The van der Waals surface area contributed by atoms with Crippen molar-refractivity contribution in [2.75, 3.05) is 19.5 Å². The molecule has 0 saturated carbocycles. The number of likely N-dealkylation sites (N-methyl/N-ethyl adjacent to an activating group) is 1. The molecule has 0 unspecified atom stereocenters. The molecule has 0 spiro atoms. The lowest BCUT2D eigenvalue weighted by Crippen LogP contribution is -2.39. The molecule has 0 aliphatic heterocycles. The minimum Gasteiger partial charge on any atom is -0.495 e. The van der Waals surface area contributed by atoms with Gasteiger partial charge in [0, 0.05) is 11.6 Å². The molecular weight excluding hydrogens is 331 g/mol. The molecule has 0 bridgehead atoms. The fourth-order valence-electron chi connectivity index (χ4n) is 2.28. The minimum atomic E-state index is -0.419. The Balaban J connectivity index is 2.05. The highest BCUT2D eigenvalue weighted by Crippen LogP contribution is 2.28. The van der Waals surface area contributed by atoms with Crippen LogP contribution in [0.15, 0.2) is 42.5 Å². The van der Waals surface area contributed by atoms with Crippen LogP contribution in [0.5, 0.6) is 5.75 Å². The van der Waals surface area contributed by atoms with Gasteiger partial charge in [0.25, 0.3) is 0 Å². The van der Waals surface area contributed by atoms with Gasteiger partial charge in [-0.05, 0) is 49.9 Å². The Morgan fingerprint density at radius 3 is 2.75 bits per heavy atom. The van der Waals surface area contributed by atoms with E-state index in [1.54, 1.807) is 31.2 Å². The molecule has 0 heterocycles. The van der Waals surface area contributed by atoms with Gasteiger partial charge >= 0.3 is 0 Å². The molecule has 2 aromatic rings. The first kappa shape index (κ1) is 18.2. The fraction of sp³-hybridized carbons (Fsp3) is 0.278. The highest BCUT2D eigenvalue weighted by Gasteiger charge is 2.19. The van der Waals surface area contributed by atoms with Crippen molar-refractivity contribution in [2.24, 2.45) is 0 Å². The van der Waals surface area contributed by atoms with Crippen LogP contribution in [0.3, 0.4) is 0 Å².